The Balaban J connectivity index is 0.000000745. The van der Waals surface area contributed by atoms with Gasteiger partial charge in [-0.15, -0.1) is 17.7 Å². The van der Waals surface area contributed by atoms with Crippen molar-refractivity contribution < 1.29 is 0 Å². The Hall–Kier alpha value is -1.64. The van der Waals surface area contributed by atoms with Crippen molar-refractivity contribution in [1.29, 1.82) is 0 Å². The van der Waals surface area contributed by atoms with E-state index in [1.54, 1.807) is 30.4 Å². The van der Waals surface area contributed by atoms with E-state index in [0.717, 1.165) is 22.5 Å². The molecule has 2 rings (SSSR count). The lowest BCUT2D eigenvalue weighted by atomic mass is 10.1. The number of anilines is 1. The number of nitrogen functional groups attached to an aromatic ring is 1. The first-order valence-electron chi connectivity index (χ1n) is 6.68. The SMILES string of the molecule is CC#Cc1c(C)nc(N)nc1-c1ccc(SC)cc1.CSC. The van der Waals surface area contributed by atoms with E-state index in [2.05, 4.69) is 40.2 Å². The molecule has 3 nitrogen and oxygen atoms in total. The zero-order valence-electron chi connectivity index (χ0n) is 13.6. The normalized spacial score (nSPS) is 9.32. The van der Waals surface area contributed by atoms with Gasteiger partial charge >= 0.3 is 0 Å². The number of nitrogens with zero attached hydrogens (tertiary/aromatic N) is 2. The van der Waals surface area contributed by atoms with Crippen LogP contribution in [0.5, 0.6) is 0 Å². The van der Waals surface area contributed by atoms with Crippen molar-refractivity contribution in [2.24, 2.45) is 0 Å². The van der Waals surface area contributed by atoms with Gasteiger partial charge < -0.3 is 5.73 Å². The van der Waals surface area contributed by atoms with Crippen LogP contribution in [0.4, 0.5) is 5.95 Å². The highest BCUT2D eigenvalue weighted by Crippen LogP contribution is 2.26. The van der Waals surface area contributed by atoms with E-state index in [9.17, 15) is 0 Å². The van der Waals surface area contributed by atoms with E-state index in [4.69, 9.17) is 5.73 Å². The van der Waals surface area contributed by atoms with Crippen molar-refractivity contribution in [3.8, 4) is 23.1 Å². The largest absolute Gasteiger partial charge is 0.368 e. The van der Waals surface area contributed by atoms with Gasteiger partial charge in [0.05, 0.1) is 17.0 Å². The zero-order chi connectivity index (χ0) is 16.5. The molecular formula is C17H21N3S2. The van der Waals surface area contributed by atoms with Gasteiger partial charge in [-0.3, -0.25) is 0 Å². The van der Waals surface area contributed by atoms with E-state index in [1.807, 2.05) is 31.6 Å². The molecule has 0 aliphatic rings. The van der Waals surface area contributed by atoms with Crippen LogP contribution < -0.4 is 5.73 Å². The van der Waals surface area contributed by atoms with Crippen LogP contribution in [0.1, 0.15) is 18.2 Å². The van der Waals surface area contributed by atoms with E-state index < -0.39 is 0 Å². The maximum Gasteiger partial charge on any atom is 0.220 e. The van der Waals surface area contributed by atoms with E-state index >= 15 is 0 Å². The first-order valence-corrected chi connectivity index (χ1v) is 9.54. The first-order chi connectivity index (χ1) is 10.6. The van der Waals surface area contributed by atoms with Gasteiger partial charge in [-0.2, -0.15) is 11.8 Å². The number of benzene rings is 1. The summed E-state index contributed by atoms with van der Waals surface area (Å²) < 4.78 is 0. The zero-order valence-corrected chi connectivity index (χ0v) is 15.2. The van der Waals surface area contributed by atoms with Crippen molar-refractivity contribution in [3.05, 3.63) is 35.5 Å². The molecule has 116 valence electrons. The highest BCUT2D eigenvalue weighted by atomic mass is 32.2. The second-order valence-electron chi connectivity index (χ2n) is 4.40. The standard InChI is InChI=1S/C15H15N3S.C2H6S/c1-4-5-13-10(2)17-15(16)18-14(13)11-6-8-12(19-3)9-7-11;1-3-2/h6-9H,1-3H3,(H2,16,17,18);1-2H3. The minimum atomic E-state index is 0.281. The molecule has 0 spiro atoms. The Kier molecular flexibility index (Phi) is 7.86. The number of thioether (sulfide) groups is 2. The lowest BCUT2D eigenvalue weighted by Crippen LogP contribution is -2.02. The maximum atomic E-state index is 5.74. The molecule has 0 bridgehead atoms. The lowest BCUT2D eigenvalue weighted by molar-refractivity contribution is 1.11. The Bertz CT molecular complexity index is 671. The third-order valence-corrected chi connectivity index (χ3v) is 3.46. The van der Waals surface area contributed by atoms with Gasteiger partial charge in [0, 0.05) is 10.5 Å². The summed E-state index contributed by atoms with van der Waals surface area (Å²) in [6, 6.07) is 8.20. The minimum Gasteiger partial charge on any atom is -0.368 e. The average molecular weight is 332 g/mol. The van der Waals surface area contributed by atoms with Crippen molar-refractivity contribution in [2.75, 3.05) is 24.5 Å². The highest BCUT2D eigenvalue weighted by Gasteiger charge is 2.10. The Labute approximate surface area is 141 Å². The van der Waals surface area contributed by atoms with E-state index in [1.165, 1.54) is 4.90 Å². The molecule has 1 aromatic heterocycles. The van der Waals surface area contributed by atoms with Crippen LogP contribution in [-0.4, -0.2) is 28.7 Å². The molecule has 5 heteroatoms. The van der Waals surface area contributed by atoms with Crippen LogP contribution in [0, 0.1) is 18.8 Å². The molecule has 0 aliphatic carbocycles. The van der Waals surface area contributed by atoms with Crippen LogP contribution in [0.15, 0.2) is 29.2 Å². The molecule has 0 atom stereocenters. The molecule has 0 radical (unpaired) electrons. The second kappa shape index (κ2) is 9.39. The molecule has 0 aliphatic heterocycles. The smallest absolute Gasteiger partial charge is 0.220 e. The summed E-state index contributed by atoms with van der Waals surface area (Å²) in [4.78, 5) is 9.72. The van der Waals surface area contributed by atoms with Crippen molar-refractivity contribution in [2.45, 2.75) is 18.7 Å². The fraction of sp³-hybridized carbons (Fsp3) is 0.294. The molecule has 0 saturated carbocycles. The number of rotatable bonds is 2. The Morgan fingerprint density at radius 1 is 1.05 bits per heavy atom. The third kappa shape index (κ3) is 4.97. The lowest BCUT2D eigenvalue weighted by Gasteiger charge is -2.08. The molecule has 0 saturated heterocycles. The Morgan fingerprint density at radius 3 is 2.14 bits per heavy atom. The third-order valence-electron chi connectivity index (χ3n) is 2.72. The first kappa shape index (κ1) is 18.4. The number of hydrogen-bond acceptors (Lipinski definition) is 5. The van der Waals surface area contributed by atoms with E-state index in [0.29, 0.717) is 0 Å². The summed E-state index contributed by atoms with van der Waals surface area (Å²) in [5.41, 5.74) is 9.20. The number of nitrogens with two attached hydrogens (primary N) is 1. The summed E-state index contributed by atoms with van der Waals surface area (Å²) in [6.07, 6.45) is 6.13. The van der Waals surface area contributed by atoms with Gasteiger partial charge in [-0.05, 0) is 44.7 Å². The van der Waals surface area contributed by atoms with Gasteiger partial charge in [-0.1, -0.05) is 18.1 Å². The fourth-order valence-electron chi connectivity index (χ4n) is 1.83. The molecule has 0 unspecified atom stereocenters. The molecule has 2 N–H and O–H groups in total. The number of aromatic nitrogens is 2. The summed E-state index contributed by atoms with van der Waals surface area (Å²) >= 11 is 3.46. The predicted molar refractivity (Wildman–Crippen MR) is 100 cm³/mol. The summed E-state index contributed by atoms with van der Waals surface area (Å²) in [5.74, 6) is 6.25. The summed E-state index contributed by atoms with van der Waals surface area (Å²) in [7, 11) is 0. The van der Waals surface area contributed by atoms with Gasteiger partial charge in [0.15, 0.2) is 0 Å². The van der Waals surface area contributed by atoms with Crippen LogP contribution in [0.3, 0.4) is 0 Å². The van der Waals surface area contributed by atoms with Crippen LogP contribution >= 0.6 is 23.5 Å². The summed E-state index contributed by atoms with van der Waals surface area (Å²) in [6.45, 7) is 3.70. The molecular weight excluding hydrogens is 310 g/mol. The molecule has 2 aromatic rings. The average Bonchev–Trinajstić information content (AvgIpc) is 2.51. The summed E-state index contributed by atoms with van der Waals surface area (Å²) in [5, 5.41) is 0. The maximum absolute atomic E-state index is 5.74. The van der Waals surface area contributed by atoms with E-state index in [-0.39, 0.29) is 5.95 Å². The Morgan fingerprint density at radius 2 is 1.64 bits per heavy atom. The van der Waals surface area contributed by atoms with Gasteiger partial charge in [0.2, 0.25) is 5.95 Å². The number of aryl methyl sites for hydroxylation is 1. The molecule has 1 aromatic carbocycles. The second-order valence-corrected chi connectivity index (χ2v) is 6.10. The van der Waals surface area contributed by atoms with Crippen molar-refractivity contribution >= 4 is 29.5 Å². The fourth-order valence-corrected chi connectivity index (χ4v) is 2.24. The van der Waals surface area contributed by atoms with Crippen LogP contribution in [0.2, 0.25) is 0 Å². The molecule has 0 amide bonds. The number of hydrogen-bond donors (Lipinski definition) is 1. The van der Waals surface area contributed by atoms with Crippen molar-refractivity contribution in [3.63, 3.8) is 0 Å². The quantitative estimate of drug-likeness (QED) is 0.663. The van der Waals surface area contributed by atoms with Crippen molar-refractivity contribution in [1.82, 2.24) is 9.97 Å². The van der Waals surface area contributed by atoms with Gasteiger partial charge in [0.1, 0.15) is 0 Å². The minimum absolute atomic E-state index is 0.281. The van der Waals surface area contributed by atoms with Crippen LogP contribution in [0.25, 0.3) is 11.3 Å². The van der Waals surface area contributed by atoms with Crippen LogP contribution in [-0.2, 0) is 0 Å². The monoisotopic (exact) mass is 331 g/mol. The van der Waals surface area contributed by atoms with Gasteiger partial charge in [-0.25, -0.2) is 9.97 Å². The molecule has 22 heavy (non-hydrogen) atoms. The molecule has 0 fully saturated rings. The topological polar surface area (TPSA) is 51.8 Å². The molecule has 1 heterocycles. The van der Waals surface area contributed by atoms with Gasteiger partial charge in [0.25, 0.3) is 0 Å². The predicted octanol–water partition coefficient (Wildman–Crippen LogP) is 4.11. The highest BCUT2D eigenvalue weighted by molar-refractivity contribution is 7.98.